The lowest BCUT2D eigenvalue weighted by Gasteiger charge is -2.15. The van der Waals surface area contributed by atoms with Gasteiger partial charge in [0.15, 0.2) is 0 Å². The van der Waals surface area contributed by atoms with E-state index in [1.54, 1.807) is 12.3 Å². The van der Waals surface area contributed by atoms with Crippen molar-refractivity contribution in [1.29, 1.82) is 0 Å². The van der Waals surface area contributed by atoms with Gasteiger partial charge in [0, 0.05) is 34.8 Å². The number of hydrogen-bond acceptors (Lipinski definition) is 2. The van der Waals surface area contributed by atoms with Crippen LogP contribution in [0, 0.1) is 24.6 Å². The molecule has 0 aliphatic carbocycles. The number of benzene rings is 1. The van der Waals surface area contributed by atoms with Crippen LogP contribution in [-0.2, 0) is 0 Å². The number of nitrogens with zero attached hydrogens (tertiary/aromatic N) is 2. The fourth-order valence-electron chi connectivity index (χ4n) is 3.20. The first-order chi connectivity index (χ1) is 14.2. The Balaban J connectivity index is 3.44. The molecule has 1 aromatic rings. The zero-order valence-electron chi connectivity index (χ0n) is 20.3. The predicted octanol–water partition coefficient (Wildman–Crippen LogP) is 8.87. The lowest BCUT2D eigenvalue weighted by molar-refractivity contribution is 0.623. The number of allylic oxidation sites excluding steroid dienone is 3. The zero-order valence-corrected chi connectivity index (χ0v) is 20.3. The van der Waals surface area contributed by atoms with Gasteiger partial charge in [0.1, 0.15) is 5.82 Å². The second kappa shape index (κ2) is 13.3. The zero-order chi connectivity index (χ0) is 22.7. The molecular weight excluding hydrogens is 371 g/mol. The van der Waals surface area contributed by atoms with Crippen LogP contribution < -0.4 is 0 Å². The summed E-state index contributed by atoms with van der Waals surface area (Å²) in [5, 5.41) is 0. The van der Waals surface area contributed by atoms with Gasteiger partial charge in [-0.25, -0.2) is 4.39 Å². The van der Waals surface area contributed by atoms with Gasteiger partial charge in [-0.15, -0.1) is 0 Å². The molecule has 0 N–H and O–H groups in total. The van der Waals surface area contributed by atoms with E-state index in [0.717, 1.165) is 54.6 Å². The molecule has 3 heteroatoms. The molecule has 0 aliphatic rings. The molecule has 0 heterocycles. The van der Waals surface area contributed by atoms with Crippen LogP contribution >= 0.6 is 0 Å². The van der Waals surface area contributed by atoms with E-state index in [0.29, 0.717) is 17.4 Å². The minimum absolute atomic E-state index is 0.247. The highest BCUT2D eigenvalue weighted by Gasteiger charge is 2.13. The number of aryl methyl sites for hydroxylation is 1. The van der Waals surface area contributed by atoms with E-state index in [9.17, 15) is 0 Å². The summed E-state index contributed by atoms with van der Waals surface area (Å²) in [5.74, 6) is 0.541. The Bertz CT molecular complexity index is 797. The summed E-state index contributed by atoms with van der Waals surface area (Å²) in [5.41, 5.74) is 5.31. The van der Waals surface area contributed by atoms with Crippen LogP contribution in [0.2, 0.25) is 0 Å². The third-order valence-electron chi connectivity index (χ3n) is 5.43. The number of rotatable bonds is 11. The van der Waals surface area contributed by atoms with E-state index in [4.69, 9.17) is 4.99 Å². The Labute approximate surface area is 184 Å². The molecule has 1 atom stereocenters. The molecule has 0 amide bonds. The summed E-state index contributed by atoms with van der Waals surface area (Å²) in [6, 6.07) is 3.50. The molecule has 1 unspecified atom stereocenters. The molecule has 0 aliphatic heterocycles. The first-order valence-corrected chi connectivity index (χ1v) is 11.5. The average molecular weight is 413 g/mol. The summed E-state index contributed by atoms with van der Waals surface area (Å²) in [7, 11) is 0. The smallest absolute Gasteiger partial charge is 0.133 e. The Morgan fingerprint density at radius 2 is 1.80 bits per heavy atom. The lowest BCUT2D eigenvalue weighted by Crippen LogP contribution is -2.10. The van der Waals surface area contributed by atoms with E-state index in [2.05, 4.69) is 46.5 Å². The maximum atomic E-state index is 15.2. The predicted molar refractivity (Wildman–Crippen MR) is 133 cm³/mol. The van der Waals surface area contributed by atoms with Crippen LogP contribution in [0.25, 0.3) is 5.57 Å². The Kier molecular flexibility index (Phi) is 11.5. The van der Waals surface area contributed by atoms with Gasteiger partial charge in [0.2, 0.25) is 0 Å². The fraction of sp³-hybridized carbons (Fsp3) is 0.556. The maximum Gasteiger partial charge on any atom is 0.133 e. The maximum absolute atomic E-state index is 15.2. The summed E-state index contributed by atoms with van der Waals surface area (Å²) in [6.45, 7) is 16.9. The highest BCUT2D eigenvalue weighted by atomic mass is 19.1. The van der Waals surface area contributed by atoms with E-state index in [1.807, 2.05) is 32.1 Å². The van der Waals surface area contributed by atoms with Crippen molar-refractivity contribution in [3.05, 3.63) is 47.4 Å². The van der Waals surface area contributed by atoms with Gasteiger partial charge >= 0.3 is 0 Å². The van der Waals surface area contributed by atoms with Crippen molar-refractivity contribution in [3.63, 3.8) is 0 Å². The first-order valence-electron chi connectivity index (χ1n) is 11.5. The van der Waals surface area contributed by atoms with E-state index in [-0.39, 0.29) is 5.82 Å². The lowest BCUT2D eigenvalue weighted by atomic mass is 9.96. The quantitative estimate of drug-likeness (QED) is 0.256. The van der Waals surface area contributed by atoms with Crippen molar-refractivity contribution in [3.8, 4) is 0 Å². The van der Waals surface area contributed by atoms with Crippen molar-refractivity contribution in [2.45, 2.75) is 87.5 Å². The number of hydrogen-bond donors (Lipinski definition) is 0. The number of halogens is 1. The van der Waals surface area contributed by atoms with E-state index >= 15 is 4.39 Å². The molecule has 0 bridgehead atoms. The highest BCUT2D eigenvalue weighted by Crippen LogP contribution is 2.29. The Hall–Kier alpha value is -2.03. The molecule has 1 rings (SSSR count). The SMILES string of the molecule is CC/C=C/C(=C\N=C(C)C(C)C)c1cc(C)c(N=C(CCC)C(C)CCC)cc1F. The van der Waals surface area contributed by atoms with Crippen LogP contribution in [-0.4, -0.2) is 11.4 Å². The van der Waals surface area contributed by atoms with Gasteiger partial charge in [-0.1, -0.05) is 66.5 Å². The highest BCUT2D eigenvalue weighted by molar-refractivity contribution is 5.89. The Morgan fingerprint density at radius 1 is 1.10 bits per heavy atom. The van der Waals surface area contributed by atoms with Gasteiger partial charge in [-0.05, 0) is 56.6 Å². The van der Waals surface area contributed by atoms with Crippen LogP contribution in [0.1, 0.15) is 91.7 Å². The van der Waals surface area contributed by atoms with Crippen molar-refractivity contribution < 1.29 is 4.39 Å². The second-order valence-electron chi connectivity index (χ2n) is 8.48. The molecule has 0 radical (unpaired) electrons. The van der Waals surface area contributed by atoms with Gasteiger partial charge in [-0.3, -0.25) is 9.98 Å². The summed E-state index contributed by atoms with van der Waals surface area (Å²) < 4.78 is 15.2. The summed E-state index contributed by atoms with van der Waals surface area (Å²) in [6.07, 6.45) is 10.9. The third-order valence-corrected chi connectivity index (χ3v) is 5.43. The normalized spacial score (nSPS) is 14.8. The van der Waals surface area contributed by atoms with Gasteiger partial charge in [-0.2, -0.15) is 0 Å². The molecule has 1 aromatic carbocycles. The second-order valence-corrected chi connectivity index (χ2v) is 8.48. The standard InChI is InChI=1S/C27H41FN2/c1-9-12-15-23(18-29-22(8)19(4)5)24-16-21(7)27(17-25(24)28)30-26(14-11-3)20(6)13-10-2/h12,15-20H,9-11,13-14H2,1-8H3/b15-12+,23-18+,29-22?,30-26?. The molecule has 2 nitrogen and oxygen atoms in total. The monoisotopic (exact) mass is 412 g/mol. The van der Waals surface area contributed by atoms with Gasteiger partial charge < -0.3 is 0 Å². The molecule has 0 spiro atoms. The minimum Gasteiger partial charge on any atom is -0.265 e. The Morgan fingerprint density at radius 3 is 2.37 bits per heavy atom. The summed E-state index contributed by atoms with van der Waals surface area (Å²) in [4.78, 5) is 9.47. The first kappa shape index (κ1) is 26.0. The van der Waals surface area contributed by atoms with Crippen molar-refractivity contribution in [2.24, 2.45) is 21.8 Å². The molecule has 0 saturated heterocycles. The van der Waals surface area contributed by atoms with Crippen molar-refractivity contribution in [2.75, 3.05) is 0 Å². The molecule has 0 fully saturated rings. The molecule has 0 saturated carbocycles. The number of aliphatic imine (C=N–C) groups is 2. The largest absolute Gasteiger partial charge is 0.265 e. The van der Waals surface area contributed by atoms with Crippen LogP contribution in [0.3, 0.4) is 0 Å². The molecular formula is C27H41FN2. The van der Waals surface area contributed by atoms with Crippen LogP contribution in [0.5, 0.6) is 0 Å². The van der Waals surface area contributed by atoms with E-state index < -0.39 is 0 Å². The summed E-state index contributed by atoms with van der Waals surface area (Å²) >= 11 is 0. The van der Waals surface area contributed by atoms with Gasteiger partial charge in [0.25, 0.3) is 0 Å². The molecule has 166 valence electrons. The van der Waals surface area contributed by atoms with Gasteiger partial charge in [0.05, 0.1) is 5.69 Å². The minimum atomic E-state index is -0.247. The molecule has 0 aromatic heterocycles. The van der Waals surface area contributed by atoms with E-state index in [1.165, 1.54) is 5.71 Å². The third kappa shape index (κ3) is 8.01. The average Bonchev–Trinajstić information content (AvgIpc) is 2.70. The fourth-order valence-corrected chi connectivity index (χ4v) is 3.20. The van der Waals surface area contributed by atoms with Crippen LogP contribution in [0.15, 0.2) is 40.5 Å². The topological polar surface area (TPSA) is 24.7 Å². The van der Waals surface area contributed by atoms with Crippen molar-refractivity contribution in [1.82, 2.24) is 0 Å². The van der Waals surface area contributed by atoms with Crippen LogP contribution in [0.4, 0.5) is 10.1 Å². The molecule has 30 heavy (non-hydrogen) atoms. The van der Waals surface area contributed by atoms with Crippen molar-refractivity contribution >= 4 is 22.7 Å².